The zero-order valence-electron chi connectivity index (χ0n) is 22.4. The third kappa shape index (κ3) is 8.81. The number of aromatic nitrogens is 4. The molecule has 0 saturated heterocycles. The molecule has 0 bridgehead atoms. The highest BCUT2D eigenvalue weighted by molar-refractivity contribution is 5.91. The number of carbonyl (C=O) groups excluding carboxylic acids is 2. The molecule has 0 aliphatic heterocycles. The van der Waals surface area contributed by atoms with E-state index in [2.05, 4.69) is 44.9 Å². The summed E-state index contributed by atoms with van der Waals surface area (Å²) in [4.78, 5) is 24.5. The van der Waals surface area contributed by atoms with Gasteiger partial charge < -0.3 is 10.6 Å². The number of hydrogen-bond donors (Lipinski definition) is 2. The third-order valence-corrected chi connectivity index (χ3v) is 6.60. The lowest BCUT2D eigenvalue weighted by Crippen LogP contribution is -2.16. The summed E-state index contributed by atoms with van der Waals surface area (Å²) in [6.07, 6.45) is 3.51. The highest BCUT2D eigenvalue weighted by Gasteiger charge is 2.13. The van der Waals surface area contributed by atoms with E-state index in [9.17, 15) is 9.59 Å². The Morgan fingerprint density at radius 2 is 1.00 bits per heavy atom. The van der Waals surface area contributed by atoms with E-state index in [1.165, 1.54) is 0 Å². The average molecular weight is 523 g/mol. The summed E-state index contributed by atoms with van der Waals surface area (Å²) in [5, 5.41) is 22.7. The normalized spacial score (nSPS) is 12.4. The monoisotopic (exact) mass is 522 g/mol. The first-order chi connectivity index (χ1) is 19.0. The van der Waals surface area contributed by atoms with Gasteiger partial charge in [-0.2, -0.15) is 10.2 Å². The lowest BCUT2D eigenvalue weighted by Gasteiger charge is -2.14. The molecule has 200 valence electrons. The largest absolute Gasteiger partial charge is 0.309 e. The van der Waals surface area contributed by atoms with E-state index in [4.69, 9.17) is 0 Å². The van der Waals surface area contributed by atoms with Crippen LogP contribution in [0.2, 0.25) is 0 Å². The fourth-order valence-electron chi connectivity index (χ4n) is 4.31. The molecule has 0 spiro atoms. The maximum atomic E-state index is 12.2. The minimum atomic E-state index is -0.115. The van der Waals surface area contributed by atoms with Crippen molar-refractivity contribution in [2.75, 3.05) is 10.6 Å². The number of nitrogens with one attached hydrogen (secondary N) is 2. The van der Waals surface area contributed by atoms with E-state index in [1.807, 2.05) is 72.8 Å². The van der Waals surface area contributed by atoms with Crippen LogP contribution in [0.4, 0.5) is 11.6 Å². The molecule has 2 aromatic heterocycles. The van der Waals surface area contributed by atoms with Crippen LogP contribution in [-0.2, 0) is 22.4 Å². The molecule has 4 aromatic rings. The summed E-state index contributed by atoms with van der Waals surface area (Å²) in [5.41, 5.74) is 3.71. The lowest BCUT2D eigenvalue weighted by atomic mass is 9.95. The second kappa shape index (κ2) is 13.9. The fraction of sp³-hybridized carbons (Fsp3) is 0.290. The Balaban J connectivity index is 1.18. The number of amides is 2. The van der Waals surface area contributed by atoms with Crippen molar-refractivity contribution in [1.29, 1.82) is 0 Å². The summed E-state index contributed by atoms with van der Waals surface area (Å²) in [7, 11) is 0. The van der Waals surface area contributed by atoms with Gasteiger partial charge in [0.05, 0.1) is 24.2 Å². The maximum Gasteiger partial charge on any atom is 0.229 e. The van der Waals surface area contributed by atoms with Gasteiger partial charge in [0.1, 0.15) is 0 Å². The molecule has 8 nitrogen and oxygen atoms in total. The van der Waals surface area contributed by atoms with Gasteiger partial charge in [-0.3, -0.25) is 9.59 Å². The Hall–Kier alpha value is -4.46. The van der Waals surface area contributed by atoms with E-state index in [0.29, 0.717) is 24.5 Å². The van der Waals surface area contributed by atoms with Crippen LogP contribution >= 0.6 is 0 Å². The predicted octanol–water partition coefficient (Wildman–Crippen LogP) is 5.71. The molecule has 0 fully saturated rings. The lowest BCUT2D eigenvalue weighted by molar-refractivity contribution is -0.116. The molecule has 2 amide bonds. The van der Waals surface area contributed by atoms with E-state index in [1.54, 1.807) is 12.1 Å². The number of carbonyl (C=O) groups is 2. The van der Waals surface area contributed by atoms with Crippen LogP contribution in [0.5, 0.6) is 0 Å². The molecule has 0 unspecified atom stereocenters. The molecule has 2 atom stereocenters. The van der Waals surface area contributed by atoms with Crippen LogP contribution in [-0.4, -0.2) is 32.2 Å². The van der Waals surface area contributed by atoms with Crippen molar-refractivity contribution in [3.8, 4) is 0 Å². The van der Waals surface area contributed by atoms with Gasteiger partial charge in [-0.15, -0.1) is 10.2 Å². The van der Waals surface area contributed by atoms with Crippen molar-refractivity contribution in [2.24, 2.45) is 0 Å². The second-order valence-corrected chi connectivity index (χ2v) is 9.84. The molecular formula is C31H34N6O2. The SMILES string of the molecule is C[C@H](CCC[C@@H](C)c1ccc(NC(=O)Cc2ccccc2)nn1)c1ccc(NC(=O)Cc2ccccc2)nn1. The van der Waals surface area contributed by atoms with Crippen LogP contribution in [0, 0.1) is 0 Å². The van der Waals surface area contributed by atoms with Gasteiger partial charge in [0, 0.05) is 11.8 Å². The summed E-state index contributed by atoms with van der Waals surface area (Å²) in [6, 6.07) is 26.7. The fourth-order valence-corrected chi connectivity index (χ4v) is 4.31. The molecule has 0 aliphatic carbocycles. The van der Waals surface area contributed by atoms with Crippen molar-refractivity contribution >= 4 is 23.5 Å². The summed E-state index contributed by atoms with van der Waals surface area (Å²) >= 11 is 0. The van der Waals surface area contributed by atoms with Gasteiger partial charge in [-0.1, -0.05) is 80.9 Å². The molecular weight excluding hydrogens is 488 g/mol. The van der Waals surface area contributed by atoms with Gasteiger partial charge in [0.2, 0.25) is 11.8 Å². The van der Waals surface area contributed by atoms with Crippen LogP contribution < -0.4 is 10.6 Å². The van der Waals surface area contributed by atoms with E-state index >= 15 is 0 Å². The predicted molar refractivity (Wildman–Crippen MR) is 152 cm³/mol. The van der Waals surface area contributed by atoms with Gasteiger partial charge in [-0.25, -0.2) is 0 Å². The summed E-state index contributed by atoms with van der Waals surface area (Å²) < 4.78 is 0. The molecule has 0 radical (unpaired) electrons. The molecule has 4 rings (SSSR count). The Bertz CT molecular complexity index is 1220. The molecule has 8 heteroatoms. The second-order valence-electron chi connectivity index (χ2n) is 9.84. The van der Waals surface area contributed by atoms with Crippen molar-refractivity contribution in [2.45, 2.75) is 57.8 Å². The number of rotatable bonds is 12. The van der Waals surface area contributed by atoms with Crippen LogP contribution in [0.1, 0.15) is 67.5 Å². The minimum Gasteiger partial charge on any atom is -0.309 e. The van der Waals surface area contributed by atoms with Crippen molar-refractivity contribution in [3.63, 3.8) is 0 Å². The molecule has 2 N–H and O–H groups in total. The highest BCUT2D eigenvalue weighted by atomic mass is 16.2. The average Bonchev–Trinajstić information content (AvgIpc) is 2.94. The van der Waals surface area contributed by atoms with Crippen molar-refractivity contribution < 1.29 is 9.59 Å². The molecule has 0 aliphatic rings. The Morgan fingerprint density at radius 1 is 0.590 bits per heavy atom. The van der Waals surface area contributed by atoms with Crippen LogP contribution in [0.15, 0.2) is 84.9 Å². The van der Waals surface area contributed by atoms with E-state index in [0.717, 1.165) is 41.8 Å². The Labute approximate surface area is 229 Å². The van der Waals surface area contributed by atoms with Crippen molar-refractivity contribution in [3.05, 3.63) is 107 Å². The third-order valence-electron chi connectivity index (χ3n) is 6.60. The number of anilines is 2. The van der Waals surface area contributed by atoms with Gasteiger partial charge in [0.15, 0.2) is 11.6 Å². The van der Waals surface area contributed by atoms with Crippen LogP contribution in [0.3, 0.4) is 0 Å². The van der Waals surface area contributed by atoms with Crippen LogP contribution in [0.25, 0.3) is 0 Å². The summed E-state index contributed by atoms with van der Waals surface area (Å²) in [6.45, 7) is 4.27. The first-order valence-corrected chi connectivity index (χ1v) is 13.3. The smallest absolute Gasteiger partial charge is 0.229 e. The first kappa shape index (κ1) is 27.6. The zero-order valence-corrected chi connectivity index (χ0v) is 22.4. The topological polar surface area (TPSA) is 110 Å². The van der Waals surface area contributed by atoms with E-state index < -0.39 is 0 Å². The van der Waals surface area contributed by atoms with Gasteiger partial charge >= 0.3 is 0 Å². The Morgan fingerprint density at radius 3 is 1.36 bits per heavy atom. The van der Waals surface area contributed by atoms with Gasteiger partial charge in [-0.05, 0) is 48.2 Å². The first-order valence-electron chi connectivity index (χ1n) is 13.3. The standard InChI is InChI=1S/C31H34N6O2/c1-22(26-16-18-28(36-34-26)32-30(38)20-24-12-5-3-6-13-24)10-9-11-23(2)27-17-19-29(37-35-27)33-31(39)21-25-14-7-4-8-15-25/h3-8,12-19,22-23H,9-11,20-21H2,1-2H3,(H,32,36,38)(H,33,37,39)/t22-,23-/m1/s1. The van der Waals surface area contributed by atoms with Crippen molar-refractivity contribution in [1.82, 2.24) is 20.4 Å². The maximum absolute atomic E-state index is 12.2. The summed E-state index contributed by atoms with van der Waals surface area (Å²) in [5.74, 6) is 1.17. The number of hydrogen-bond acceptors (Lipinski definition) is 6. The molecule has 2 heterocycles. The molecule has 0 saturated carbocycles. The van der Waals surface area contributed by atoms with E-state index in [-0.39, 0.29) is 23.7 Å². The molecule has 2 aromatic carbocycles. The number of benzene rings is 2. The minimum absolute atomic E-state index is 0.115. The number of nitrogens with zero attached hydrogens (tertiary/aromatic N) is 4. The quantitative estimate of drug-likeness (QED) is 0.247. The Kier molecular flexibility index (Phi) is 9.83. The highest BCUT2D eigenvalue weighted by Crippen LogP contribution is 2.25. The zero-order chi connectivity index (χ0) is 27.5. The van der Waals surface area contributed by atoms with Gasteiger partial charge in [0.25, 0.3) is 0 Å². The molecule has 39 heavy (non-hydrogen) atoms.